The van der Waals surface area contributed by atoms with Gasteiger partial charge in [0.1, 0.15) is 11.9 Å². The molecule has 1 fully saturated rings. The van der Waals surface area contributed by atoms with Crippen molar-refractivity contribution in [1.29, 1.82) is 5.26 Å². The molecule has 2 aromatic carbocycles. The van der Waals surface area contributed by atoms with Crippen LogP contribution in [0.5, 0.6) is 5.75 Å². The fraction of sp³-hybridized carbons (Fsp3) is 0.364. The van der Waals surface area contributed by atoms with E-state index < -0.39 is 39.3 Å². The van der Waals surface area contributed by atoms with E-state index in [0.29, 0.717) is 18.6 Å². The van der Waals surface area contributed by atoms with Crippen LogP contribution in [0.4, 0.5) is 0 Å². The molecular formula is C22H24N2O5S. The molecule has 30 heavy (non-hydrogen) atoms. The summed E-state index contributed by atoms with van der Waals surface area (Å²) in [5, 5.41) is 18.2. The number of benzene rings is 2. The Kier molecular flexibility index (Phi) is 6.44. The van der Waals surface area contributed by atoms with Crippen LogP contribution in [-0.2, 0) is 10.0 Å². The standard InChI is InChI=1S/C22H24N2O5S/c1-14(2)30(27,28)24-20-12-18(10-17(20)13-23)29-21-11-16(22(25)26)8-9-19(21)15-6-4-3-5-7-15/h3-9,11,14,17-18,20,24H,10,12H2,1-2H3,(H,25,26)/t17-,18?,20-/m0/s1. The summed E-state index contributed by atoms with van der Waals surface area (Å²) in [7, 11) is -3.52. The van der Waals surface area contributed by atoms with Gasteiger partial charge in [0.05, 0.1) is 22.8 Å². The first-order valence-corrected chi connectivity index (χ1v) is 11.3. The summed E-state index contributed by atoms with van der Waals surface area (Å²) in [4.78, 5) is 11.4. The number of nitriles is 1. The first kappa shape index (κ1) is 21.8. The van der Waals surface area contributed by atoms with Gasteiger partial charge in [0.25, 0.3) is 0 Å². The Morgan fingerprint density at radius 2 is 1.90 bits per heavy atom. The number of rotatable bonds is 7. The summed E-state index contributed by atoms with van der Waals surface area (Å²) < 4.78 is 33.3. The predicted octanol–water partition coefficient (Wildman–Crippen LogP) is 3.43. The van der Waals surface area contributed by atoms with Gasteiger partial charge in [0.2, 0.25) is 10.0 Å². The van der Waals surface area contributed by atoms with Gasteiger partial charge < -0.3 is 9.84 Å². The number of carbonyl (C=O) groups is 1. The summed E-state index contributed by atoms with van der Waals surface area (Å²) in [6, 6.07) is 15.7. The van der Waals surface area contributed by atoms with Crippen LogP contribution in [0, 0.1) is 17.2 Å². The molecule has 3 atom stereocenters. The monoisotopic (exact) mass is 428 g/mol. The minimum Gasteiger partial charge on any atom is -0.490 e. The van der Waals surface area contributed by atoms with Crippen molar-refractivity contribution < 1.29 is 23.1 Å². The van der Waals surface area contributed by atoms with Gasteiger partial charge in [-0.1, -0.05) is 30.3 Å². The zero-order valence-electron chi connectivity index (χ0n) is 16.8. The SMILES string of the molecule is CC(C)S(=O)(=O)N[C@H]1CC(Oc2cc(C(=O)O)ccc2-c2ccccc2)C[C@H]1C#N. The van der Waals surface area contributed by atoms with Crippen LogP contribution in [0.15, 0.2) is 48.5 Å². The Labute approximate surface area is 176 Å². The van der Waals surface area contributed by atoms with Crippen molar-refractivity contribution in [3.63, 3.8) is 0 Å². The molecule has 0 amide bonds. The van der Waals surface area contributed by atoms with Crippen LogP contribution in [0.3, 0.4) is 0 Å². The van der Waals surface area contributed by atoms with E-state index in [4.69, 9.17) is 4.74 Å². The molecule has 0 aliphatic heterocycles. The van der Waals surface area contributed by atoms with Crippen LogP contribution >= 0.6 is 0 Å². The van der Waals surface area contributed by atoms with Gasteiger partial charge in [-0.15, -0.1) is 0 Å². The minimum absolute atomic E-state index is 0.0940. The van der Waals surface area contributed by atoms with Crippen LogP contribution in [-0.4, -0.2) is 36.9 Å². The van der Waals surface area contributed by atoms with E-state index in [9.17, 15) is 23.6 Å². The lowest BCUT2D eigenvalue weighted by Crippen LogP contribution is -2.41. The molecule has 0 bridgehead atoms. The fourth-order valence-electron chi connectivity index (χ4n) is 3.50. The Hall–Kier alpha value is -2.89. The van der Waals surface area contributed by atoms with E-state index in [2.05, 4.69) is 10.8 Å². The molecule has 7 nitrogen and oxygen atoms in total. The molecule has 1 aliphatic carbocycles. The highest BCUT2D eigenvalue weighted by atomic mass is 32.2. The molecule has 2 N–H and O–H groups in total. The molecule has 1 unspecified atom stereocenters. The van der Waals surface area contributed by atoms with E-state index in [1.807, 2.05) is 30.3 Å². The number of aromatic carboxylic acids is 1. The highest BCUT2D eigenvalue weighted by Crippen LogP contribution is 2.36. The zero-order valence-corrected chi connectivity index (χ0v) is 17.6. The third-order valence-corrected chi connectivity index (χ3v) is 7.10. The first-order valence-electron chi connectivity index (χ1n) is 9.71. The molecular weight excluding hydrogens is 404 g/mol. The van der Waals surface area contributed by atoms with E-state index in [1.165, 1.54) is 12.1 Å². The normalized spacial score (nSPS) is 21.3. The van der Waals surface area contributed by atoms with Crippen LogP contribution in [0.2, 0.25) is 0 Å². The minimum atomic E-state index is -3.52. The van der Waals surface area contributed by atoms with Crippen molar-refractivity contribution >= 4 is 16.0 Å². The smallest absolute Gasteiger partial charge is 0.335 e. The van der Waals surface area contributed by atoms with Gasteiger partial charge in [-0.05, 0) is 37.6 Å². The lowest BCUT2D eigenvalue weighted by Gasteiger charge is -2.19. The number of sulfonamides is 1. The molecule has 0 aromatic heterocycles. The maximum absolute atomic E-state index is 12.2. The van der Waals surface area contributed by atoms with Crippen molar-refractivity contribution in [2.24, 2.45) is 5.92 Å². The lowest BCUT2D eigenvalue weighted by atomic mass is 10.0. The summed E-state index contributed by atoms with van der Waals surface area (Å²) in [6.07, 6.45) is 0.268. The quantitative estimate of drug-likeness (QED) is 0.698. The zero-order chi connectivity index (χ0) is 21.9. The van der Waals surface area contributed by atoms with Gasteiger partial charge in [0.15, 0.2) is 0 Å². The summed E-state index contributed by atoms with van der Waals surface area (Å²) >= 11 is 0. The molecule has 0 saturated heterocycles. The van der Waals surface area contributed by atoms with Gasteiger partial charge >= 0.3 is 5.97 Å². The fourth-order valence-corrected chi connectivity index (χ4v) is 4.45. The molecule has 3 rings (SSSR count). The largest absolute Gasteiger partial charge is 0.490 e. The Balaban J connectivity index is 1.87. The maximum atomic E-state index is 12.2. The topological polar surface area (TPSA) is 116 Å². The second kappa shape index (κ2) is 8.86. The van der Waals surface area contributed by atoms with Crippen LogP contribution in [0.1, 0.15) is 37.0 Å². The Bertz CT molecular complexity index is 1060. The molecule has 0 spiro atoms. The molecule has 0 radical (unpaired) electrons. The van der Waals surface area contributed by atoms with Gasteiger partial charge in [0, 0.05) is 24.4 Å². The van der Waals surface area contributed by atoms with Gasteiger partial charge in [-0.2, -0.15) is 5.26 Å². The van der Waals surface area contributed by atoms with E-state index in [0.717, 1.165) is 11.1 Å². The molecule has 0 heterocycles. The Morgan fingerprint density at radius 1 is 1.20 bits per heavy atom. The number of hydrogen-bond donors (Lipinski definition) is 2. The number of hydrogen-bond acceptors (Lipinski definition) is 5. The molecule has 2 aromatic rings. The van der Waals surface area contributed by atoms with Crippen LogP contribution in [0.25, 0.3) is 11.1 Å². The second-order valence-electron chi connectivity index (χ2n) is 7.65. The van der Waals surface area contributed by atoms with Crippen molar-refractivity contribution in [2.75, 3.05) is 0 Å². The number of nitrogens with zero attached hydrogens (tertiary/aromatic N) is 1. The van der Waals surface area contributed by atoms with E-state index >= 15 is 0 Å². The van der Waals surface area contributed by atoms with Crippen LogP contribution < -0.4 is 9.46 Å². The molecule has 1 saturated carbocycles. The molecule has 8 heteroatoms. The lowest BCUT2D eigenvalue weighted by molar-refractivity contribution is 0.0696. The summed E-state index contributed by atoms with van der Waals surface area (Å²) in [5.41, 5.74) is 1.70. The maximum Gasteiger partial charge on any atom is 0.335 e. The molecule has 158 valence electrons. The summed E-state index contributed by atoms with van der Waals surface area (Å²) in [6.45, 7) is 3.16. The third-order valence-electron chi connectivity index (χ3n) is 5.23. The highest BCUT2D eigenvalue weighted by molar-refractivity contribution is 7.90. The van der Waals surface area contributed by atoms with Crippen molar-refractivity contribution in [1.82, 2.24) is 4.72 Å². The third kappa shape index (κ3) is 4.81. The average molecular weight is 429 g/mol. The number of carboxylic acid groups (broad SMARTS) is 1. The molecule has 1 aliphatic rings. The second-order valence-corrected chi connectivity index (χ2v) is 9.92. The van der Waals surface area contributed by atoms with Gasteiger partial charge in [-0.3, -0.25) is 0 Å². The van der Waals surface area contributed by atoms with E-state index in [1.54, 1.807) is 19.9 Å². The average Bonchev–Trinajstić information content (AvgIpc) is 3.08. The van der Waals surface area contributed by atoms with E-state index in [-0.39, 0.29) is 5.56 Å². The Morgan fingerprint density at radius 3 is 2.50 bits per heavy atom. The number of ether oxygens (including phenoxy) is 1. The number of carboxylic acids is 1. The first-order chi connectivity index (χ1) is 14.2. The highest BCUT2D eigenvalue weighted by Gasteiger charge is 2.38. The number of nitrogens with one attached hydrogen (secondary N) is 1. The van der Waals surface area contributed by atoms with Gasteiger partial charge in [-0.25, -0.2) is 17.9 Å². The summed E-state index contributed by atoms with van der Waals surface area (Å²) in [5.74, 6) is -1.19. The van der Waals surface area contributed by atoms with Crippen molar-refractivity contribution in [3.8, 4) is 22.9 Å². The van der Waals surface area contributed by atoms with Crippen molar-refractivity contribution in [2.45, 2.75) is 44.1 Å². The predicted molar refractivity (Wildman–Crippen MR) is 113 cm³/mol. The van der Waals surface area contributed by atoms with Crippen molar-refractivity contribution in [3.05, 3.63) is 54.1 Å².